The number of nitrogens with zero attached hydrogens (tertiary/aromatic N) is 1. The number of aryl methyl sites for hydroxylation is 1. The Morgan fingerprint density at radius 2 is 1.73 bits per heavy atom. The molecule has 0 unspecified atom stereocenters. The molecule has 1 N–H and O–H groups in total. The lowest BCUT2D eigenvalue weighted by atomic mass is 10.1. The molecule has 0 aromatic heterocycles. The van der Waals surface area contributed by atoms with Crippen LogP contribution in [0.1, 0.15) is 38.3 Å². The number of anilines is 1. The molecule has 1 aliphatic heterocycles. The van der Waals surface area contributed by atoms with E-state index in [4.69, 9.17) is 0 Å². The van der Waals surface area contributed by atoms with Crippen LogP contribution in [-0.2, 0) is 12.6 Å². The smallest absolute Gasteiger partial charge is 0.352 e. The number of alkyl halides is 3. The summed E-state index contributed by atoms with van der Waals surface area (Å²) in [4.78, 5) is 28.8. The van der Waals surface area contributed by atoms with Crippen LogP contribution in [0.25, 0.3) is 0 Å². The molecule has 0 aliphatic carbocycles. The van der Waals surface area contributed by atoms with E-state index in [1.807, 2.05) is 24.3 Å². The first-order valence-electron chi connectivity index (χ1n) is 10.4. The van der Waals surface area contributed by atoms with Crippen molar-refractivity contribution in [2.75, 3.05) is 18.5 Å². The number of hydrogen-bond donors (Lipinski definition) is 1. The Morgan fingerprint density at radius 3 is 2.45 bits per heavy atom. The van der Waals surface area contributed by atoms with E-state index in [2.05, 4.69) is 5.32 Å². The van der Waals surface area contributed by atoms with E-state index in [1.165, 1.54) is 23.9 Å². The van der Waals surface area contributed by atoms with E-state index in [1.54, 1.807) is 30.1 Å². The Hall–Kier alpha value is -3.26. The number of benzene rings is 3. The summed E-state index contributed by atoms with van der Waals surface area (Å²) in [5.41, 5.74) is 1.83. The first kappa shape index (κ1) is 22.9. The average molecular weight is 471 g/mol. The zero-order valence-corrected chi connectivity index (χ0v) is 18.6. The minimum absolute atomic E-state index is 0.133. The predicted octanol–water partition coefficient (Wildman–Crippen LogP) is 5.81. The summed E-state index contributed by atoms with van der Waals surface area (Å²) < 4.78 is 37.9. The summed E-state index contributed by atoms with van der Waals surface area (Å²) in [5, 5.41) is 2.84. The van der Waals surface area contributed by atoms with Gasteiger partial charge in [-0.15, -0.1) is 0 Å². The maximum Gasteiger partial charge on any atom is 0.416 e. The van der Waals surface area contributed by atoms with Crippen LogP contribution in [0, 0.1) is 0 Å². The van der Waals surface area contributed by atoms with Crippen LogP contribution in [-0.4, -0.2) is 25.4 Å². The van der Waals surface area contributed by atoms with Crippen LogP contribution in [0.4, 0.5) is 18.9 Å². The summed E-state index contributed by atoms with van der Waals surface area (Å²) in [6.07, 6.45) is -3.21. The molecule has 0 spiro atoms. The van der Waals surface area contributed by atoms with Gasteiger partial charge < -0.3 is 10.2 Å². The normalized spacial score (nSPS) is 13.2. The highest BCUT2D eigenvalue weighted by Gasteiger charge is 2.30. The molecule has 0 bridgehead atoms. The molecule has 3 aromatic carbocycles. The van der Waals surface area contributed by atoms with E-state index in [0.29, 0.717) is 36.2 Å². The van der Waals surface area contributed by atoms with Gasteiger partial charge in [0, 0.05) is 28.9 Å². The van der Waals surface area contributed by atoms with Gasteiger partial charge in [0.1, 0.15) is 0 Å². The van der Waals surface area contributed by atoms with Crippen LogP contribution < -0.4 is 10.2 Å². The van der Waals surface area contributed by atoms with E-state index < -0.39 is 11.7 Å². The van der Waals surface area contributed by atoms with Gasteiger partial charge in [-0.25, -0.2) is 0 Å². The highest BCUT2D eigenvalue weighted by molar-refractivity contribution is 7.99. The Bertz CT molecular complexity index is 1190. The van der Waals surface area contributed by atoms with Gasteiger partial charge >= 0.3 is 6.18 Å². The number of hydrogen-bond acceptors (Lipinski definition) is 3. The lowest BCUT2D eigenvalue weighted by Gasteiger charge is -2.18. The number of carbonyl (C=O) groups is 2. The molecule has 1 aliphatic rings. The zero-order chi connectivity index (χ0) is 23.6. The standard InChI is InChI=1S/C25H21F3N2O2S/c1-30-20-15-17(10-13-22(20)33-21-7-3-2-6-19(21)24(30)32)23(31)29-14-4-5-16-8-11-18(12-9-16)25(26,27)28/h2-3,6-13,15H,4-5,14H2,1H3,(H,29,31). The van der Waals surface area contributed by atoms with Gasteiger partial charge in [0.2, 0.25) is 0 Å². The van der Waals surface area contributed by atoms with Crippen molar-refractivity contribution in [1.82, 2.24) is 5.32 Å². The molecule has 33 heavy (non-hydrogen) atoms. The zero-order valence-electron chi connectivity index (χ0n) is 17.8. The van der Waals surface area contributed by atoms with Crippen LogP contribution in [0.2, 0.25) is 0 Å². The molecule has 8 heteroatoms. The van der Waals surface area contributed by atoms with Gasteiger partial charge in [-0.2, -0.15) is 13.2 Å². The molecule has 1 heterocycles. The fourth-order valence-electron chi connectivity index (χ4n) is 3.60. The van der Waals surface area contributed by atoms with Gasteiger partial charge in [-0.1, -0.05) is 36.0 Å². The topological polar surface area (TPSA) is 49.4 Å². The van der Waals surface area contributed by atoms with Crippen LogP contribution in [0.15, 0.2) is 76.5 Å². The number of rotatable bonds is 5. The van der Waals surface area contributed by atoms with Crippen molar-refractivity contribution in [2.45, 2.75) is 28.8 Å². The van der Waals surface area contributed by atoms with Crippen LogP contribution >= 0.6 is 11.8 Å². The third-order valence-corrected chi connectivity index (χ3v) is 6.57. The number of fused-ring (bicyclic) bond motifs is 2. The van der Waals surface area contributed by atoms with Crippen molar-refractivity contribution >= 4 is 29.3 Å². The van der Waals surface area contributed by atoms with Crippen molar-refractivity contribution in [3.05, 3.63) is 89.0 Å². The van der Waals surface area contributed by atoms with Crippen LogP contribution in [0.3, 0.4) is 0 Å². The maximum absolute atomic E-state index is 12.9. The second-order valence-electron chi connectivity index (χ2n) is 7.70. The van der Waals surface area contributed by atoms with Gasteiger partial charge in [-0.05, 0) is 60.9 Å². The van der Waals surface area contributed by atoms with E-state index >= 15 is 0 Å². The monoisotopic (exact) mass is 470 g/mol. The molecule has 0 fully saturated rings. The summed E-state index contributed by atoms with van der Waals surface area (Å²) >= 11 is 1.49. The van der Waals surface area contributed by atoms with E-state index in [9.17, 15) is 22.8 Å². The van der Waals surface area contributed by atoms with Gasteiger partial charge in [0.05, 0.1) is 16.8 Å². The maximum atomic E-state index is 12.9. The molecule has 3 aromatic rings. The Balaban J connectivity index is 1.37. The molecule has 170 valence electrons. The van der Waals surface area contributed by atoms with Crippen molar-refractivity contribution in [1.29, 1.82) is 0 Å². The molecule has 0 radical (unpaired) electrons. The van der Waals surface area contributed by atoms with Crippen molar-refractivity contribution in [2.24, 2.45) is 0 Å². The second kappa shape index (κ2) is 9.31. The quantitative estimate of drug-likeness (QED) is 0.479. The van der Waals surface area contributed by atoms with Crippen molar-refractivity contribution in [3.63, 3.8) is 0 Å². The molecule has 2 amide bonds. The highest BCUT2D eigenvalue weighted by atomic mass is 32.2. The largest absolute Gasteiger partial charge is 0.416 e. The highest BCUT2D eigenvalue weighted by Crippen LogP contribution is 2.41. The summed E-state index contributed by atoms with van der Waals surface area (Å²) in [6.45, 7) is 0.381. The summed E-state index contributed by atoms with van der Waals surface area (Å²) in [7, 11) is 1.69. The first-order chi connectivity index (χ1) is 15.7. The van der Waals surface area contributed by atoms with Gasteiger partial charge in [0.15, 0.2) is 0 Å². The third-order valence-electron chi connectivity index (χ3n) is 5.43. The SMILES string of the molecule is CN1C(=O)c2ccccc2Sc2ccc(C(=O)NCCCc3ccc(C(F)(F)F)cc3)cc21. The molecule has 0 saturated heterocycles. The second-order valence-corrected chi connectivity index (χ2v) is 8.78. The van der Waals surface area contributed by atoms with Crippen molar-refractivity contribution in [3.8, 4) is 0 Å². The van der Waals surface area contributed by atoms with Gasteiger partial charge in [0.25, 0.3) is 11.8 Å². The van der Waals surface area contributed by atoms with E-state index in [-0.39, 0.29) is 11.8 Å². The fourth-order valence-corrected chi connectivity index (χ4v) is 4.69. The first-order valence-corrected chi connectivity index (χ1v) is 11.2. The molecular formula is C25H21F3N2O2S. The lowest BCUT2D eigenvalue weighted by Crippen LogP contribution is -2.27. The fraction of sp³-hybridized carbons (Fsp3) is 0.200. The summed E-state index contributed by atoms with van der Waals surface area (Å²) in [5.74, 6) is -0.399. The number of halogens is 3. The molecule has 0 atom stereocenters. The lowest BCUT2D eigenvalue weighted by molar-refractivity contribution is -0.137. The number of amides is 2. The third kappa shape index (κ3) is 5.06. The summed E-state index contributed by atoms with van der Waals surface area (Å²) in [6, 6.07) is 17.7. The molecule has 0 saturated carbocycles. The molecule has 4 nitrogen and oxygen atoms in total. The van der Waals surface area contributed by atoms with E-state index in [0.717, 1.165) is 27.5 Å². The van der Waals surface area contributed by atoms with Crippen molar-refractivity contribution < 1.29 is 22.8 Å². The number of carbonyl (C=O) groups excluding carboxylic acids is 2. The predicted molar refractivity (Wildman–Crippen MR) is 122 cm³/mol. The van der Waals surface area contributed by atoms with Crippen LogP contribution in [0.5, 0.6) is 0 Å². The minimum atomic E-state index is -4.35. The average Bonchev–Trinajstić information content (AvgIpc) is 2.91. The Kier molecular flexibility index (Phi) is 6.47. The minimum Gasteiger partial charge on any atom is -0.352 e. The Labute approximate surface area is 193 Å². The van der Waals surface area contributed by atoms with Gasteiger partial charge in [-0.3, -0.25) is 9.59 Å². The Morgan fingerprint density at radius 1 is 1.00 bits per heavy atom. The molecule has 4 rings (SSSR count). The molecular weight excluding hydrogens is 449 g/mol. The number of nitrogens with one attached hydrogen (secondary N) is 1.